The molecule has 1 rings (SSSR count). The smallest absolute Gasteiger partial charge is 0.372 e. The van der Waals surface area contributed by atoms with Gasteiger partial charge in [-0.1, -0.05) is 26.0 Å². The van der Waals surface area contributed by atoms with Crippen molar-refractivity contribution in [3.8, 4) is 5.75 Å². The normalized spacial score (nSPS) is 13.7. The zero-order valence-corrected chi connectivity index (χ0v) is 10.4. The van der Waals surface area contributed by atoms with Crippen molar-refractivity contribution in [1.29, 1.82) is 0 Å². The van der Waals surface area contributed by atoms with Crippen LogP contribution in [0, 0.1) is 0 Å². The molecular weight excluding hydrogens is 250 g/mol. The van der Waals surface area contributed by atoms with Crippen molar-refractivity contribution in [3.63, 3.8) is 0 Å². The Morgan fingerprint density at radius 2 is 1.76 bits per heavy atom. The number of alkyl halides is 2. The lowest BCUT2D eigenvalue weighted by Gasteiger charge is -2.10. The van der Waals surface area contributed by atoms with Gasteiger partial charge >= 0.3 is 15.9 Å². The maximum atomic E-state index is 12.0. The summed E-state index contributed by atoms with van der Waals surface area (Å²) in [4.78, 5) is 0. The molecule has 0 aliphatic carbocycles. The molecule has 0 heterocycles. The summed E-state index contributed by atoms with van der Waals surface area (Å²) in [6.45, 7) is 4.04. The highest BCUT2D eigenvalue weighted by Gasteiger charge is 2.26. The Bertz CT molecular complexity index is 454. The van der Waals surface area contributed by atoms with Gasteiger partial charge in [0.25, 0.3) is 0 Å². The Labute approximate surface area is 99.5 Å². The molecule has 0 N–H and O–H groups in total. The molecule has 17 heavy (non-hydrogen) atoms. The second kappa shape index (κ2) is 5.44. The molecule has 6 heteroatoms. The predicted molar refractivity (Wildman–Crippen MR) is 60.7 cm³/mol. The molecule has 1 aromatic rings. The third-order valence-corrected chi connectivity index (χ3v) is 3.35. The summed E-state index contributed by atoms with van der Waals surface area (Å²) in [5.41, 5.74) is 1.01. The molecule has 1 unspecified atom stereocenters. The maximum absolute atomic E-state index is 12.0. The molecule has 0 aliphatic rings. The first-order valence-corrected chi connectivity index (χ1v) is 6.65. The number of rotatable bonds is 5. The zero-order valence-electron chi connectivity index (χ0n) is 9.56. The van der Waals surface area contributed by atoms with Crippen LogP contribution in [-0.2, 0) is 10.1 Å². The first-order valence-electron chi connectivity index (χ1n) is 5.18. The monoisotopic (exact) mass is 264 g/mol. The van der Waals surface area contributed by atoms with Crippen molar-refractivity contribution < 1.29 is 21.4 Å². The summed E-state index contributed by atoms with van der Waals surface area (Å²) < 4.78 is 50.0. The van der Waals surface area contributed by atoms with Crippen LogP contribution in [0.25, 0.3) is 0 Å². The van der Waals surface area contributed by atoms with E-state index in [1.54, 1.807) is 12.1 Å². The topological polar surface area (TPSA) is 43.4 Å². The summed E-state index contributed by atoms with van der Waals surface area (Å²) in [5.74, 6) is -3.30. The molecule has 0 bridgehead atoms. The molecule has 1 aromatic carbocycles. The molecule has 0 aliphatic heterocycles. The zero-order chi connectivity index (χ0) is 13.1. The summed E-state index contributed by atoms with van der Waals surface area (Å²) in [5, 5.41) is 0. The van der Waals surface area contributed by atoms with Crippen LogP contribution >= 0.6 is 0 Å². The first-order chi connectivity index (χ1) is 7.86. The Balaban J connectivity index is 2.83. The molecule has 96 valence electrons. The summed E-state index contributed by atoms with van der Waals surface area (Å²) in [6, 6.07) is 6.10. The van der Waals surface area contributed by atoms with E-state index in [2.05, 4.69) is 4.18 Å². The van der Waals surface area contributed by atoms with Crippen molar-refractivity contribution >= 4 is 10.1 Å². The van der Waals surface area contributed by atoms with Crippen LogP contribution in [0.15, 0.2) is 24.3 Å². The first kappa shape index (κ1) is 13.9. The molecule has 0 amide bonds. The van der Waals surface area contributed by atoms with Crippen LogP contribution in [0.5, 0.6) is 5.75 Å². The quantitative estimate of drug-likeness (QED) is 0.767. The van der Waals surface area contributed by atoms with Gasteiger partial charge in [-0.2, -0.15) is 17.2 Å². The third kappa shape index (κ3) is 3.66. The van der Waals surface area contributed by atoms with Gasteiger partial charge in [0.1, 0.15) is 5.75 Å². The standard InChI is InChI=1S/C11H14F2O3S/c1-3-8(2)9-4-6-10(7-5-9)16-17(14,15)11(12)13/h4-8,11H,3H2,1-2H3. The van der Waals surface area contributed by atoms with E-state index < -0.39 is 15.9 Å². The lowest BCUT2D eigenvalue weighted by atomic mass is 9.99. The van der Waals surface area contributed by atoms with Crippen LogP contribution in [0.4, 0.5) is 8.78 Å². The molecule has 0 fully saturated rings. The van der Waals surface area contributed by atoms with E-state index in [-0.39, 0.29) is 5.75 Å². The minimum Gasteiger partial charge on any atom is -0.378 e. The Hall–Kier alpha value is -1.17. The molecule has 1 atom stereocenters. The SMILES string of the molecule is CCC(C)c1ccc(OS(=O)(=O)C(F)F)cc1. The average Bonchev–Trinajstić information content (AvgIpc) is 2.28. The molecule has 0 saturated carbocycles. The number of hydrogen-bond acceptors (Lipinski definition) is 3. The van der Waals surface area contributed by atoms with Crippen LogP contribution < -0.4 is 4.18 Å². The Kier molecular flexibility index (Phi) is 4.45. The maximum Gasteiger partial charge on any atom is 0.372 e. The van der Waals surface area contributed by atoms with Gasteiger partial charge < -0.3 is 4.18 Å². The minimum absolute atomic E-state index is 0.0997. The largest absolute Gasteiger partial charge is 0.378 e. The number of halogens is 2. The second-order valence-corrected chi connectivity index (χ2v) is 5.22. The highest BCUT2D eigenvalue weighted by molar-refractivity contribution is 7.87. The van der Waals surface area contributed by atoms with Gasteiger partial charge in [-0.25, -0.2) is 0 Å². The van der Waals surface area contributed by atoms with Crippen molar-refractivity contribution in [2.75, 3.05) is 0 Å². The Morgan fingerprint density at radius 3 is 2.18 bits per heavy atom. The second-order valence-electron chi connectivity index (χ2n) is 3.72. The number of hydrogen-bond donors (Lipinski definition) is 0. The lowest BCUT2D eigenvalue weighted by molar-refractivity contribution is 0.219. The van der Waals surface area contributed by atoms with E-state index in [1.165, 1.54) is 12.1 Å². The molecule has 0 radical (unpaired) electrons. The molecule has 3 nitrogen and oxygen atoms in total. The van der Waals surface area contributed by atoms with E-state index in [0.717, 1.165) is 12.0 Å². The molecule has 0 saturated heterocycles. The van der Waals surface area contributed by atoms with Gasteiger partial charge in [-0.3, -0.25) is 0 Å². The van der Waals surface area contributed by atoms with Crippen LogP contribution in [0.2, 0.25) is 0 Å². The lowest BCUT2D eigenvalue weighted by Crippen LogP contribution is -2.17. The molecule has 0 aromatic heterocycles. The fraction of sp³-hybridized carbons (Fsp3) is 0.455. The van der Waals surface area contributed by atoms with Crippen molar-refractivity contribution in [1.82, 2.24) is 0 Å². The number of benzene rings is 1. The summed E-state index contributed by atoms with van der Waals surface area (Å²) in [6.07, 6.45) is 0.940. The molecule has 0 spiro atoms. The summed E-state index contributed by atoms with van der Waals surface area (Å²) in [7, 11) is -4.82. The van der Waals surface area contributed by atoms with Crippen molar-refractivity contribution in [2.45, 2.75) is 31.9 Å². The van der Waals surface area contributed by atoms with Gasteiger partial charge in [0.15, 0.2) is 0 Å². The van der Waals surface area contributed by atoms with E-state index in [0.29, 0.717) is 5.92 Å². The van der Waals surface area contributed by atoms with E-state index in [9.17, 15) is 17.2 Å². The van der Waals surface area contributed by atoms with E-state index >= 15 is 0 Å². The van der Waals surface area contributed by atoms with E-state index in [4.69, 9.17) is 0 Å². The van der Waals surface area contributed by atoms with Crippen LogP contribution in [0.3, 0.4) is 0 Å². The van der Waals surface area contributed by atoms with Crippen LogP contribution in [-0.4, -0.2) is 14.2 Å². The fourth-order valence-electron chi connectivity index (χ4n) is 1.26. The van der Waals surface area contributed by atoms with Gasteiger partial charge in [-0.05, 0) is 30.0 Å². The van der Waals surface area contributed by atoms with Crippen LogP contribution in [0.1, 0.15) is 31.7 Å². The Morgan fingerprint density at radius 1 is 1.24 bits per heavy atom. The van der Waals surface area contributed by atoms with Gasteiger partial charge in [0.2, 0.25) is 0 Å². The highest BCUT2D eigenvalue weighted by atomic mass is 32.2. The summed E-state index contributed by atoms with van der Waals surface area (Å²) >= 11 is 0. The van der Waals surface area contributed by atoms with E-state index in [1.807, 2.05) is 13.8 Å². The van der Waals surface area contributed by atoms with Crippen molar-refractivity contribution in [2.24, 2.45) is 0 Å². The minimum atomic E-state index is -4.82. The third-order valence-electron chi connectivity index (χ3n) is 2.49. The van der Waals surface area contributed by atoms with Crippen molar-refractivity contribution in [3.05, 3.63) is 29.8 Å². The fourth-order valence-corrected chi connectivity index (χ4v) is 1.71. The predicted octanol–water partition coefficient (Wildman–Crippen LogP) is 3.13. The molecular formula is C11H14F2O3S. The van der Waals surface area contributed by atoms with Gasteiger partial charge in [0.05, 0.1) is 0 Å². The average molecular weight is 264 g/mol. The highest BCUT2D eigenvalue weighted by Crippen LogP contribution is 2.23. The van der Waals surface area contributed by atoms with Gasteiger partial charge in [-0.15, -0.1) is 0 Å². The van der Waals surface area contributed by atoms with Gasteiger partial charge in [0, 0.05) is 0 Å².